The fraction of sp³-hybridized carbons (Fsp3) is 0.231. The first-order valence-corrected chi connectivity index (χ1v) is 5.90. The summed E-state index contributed by atoms with van der Waals surface area (Å²) in [6, 6.07) is 7.08. The molecule has 0 saturated heterocycles. The standard InChI is InChI=1S/C13H14N4O/c14-11-3-1-2-9(6-11)13(18)17-5-4-10-7-15-16-12(10)8-17/h1-3,6-7H,4-5,8,14H2,(H,15,16). The zero-order valence-corrected chi connectivity index (χ0v) is 9.89. The number of aromatic amines is 1. The lowest BCUT2D eigenvalue weighted by Gasteiger charge is -2.26. The van der Waals surface area contributed by atoms with Gasteiger partial charge >= 0.3 is 0 Å². The van der Waals surface area contributed by atoms with Gasteiger partial charge in [-0.05, 0) is 30.2 Å². The Bertz CT molecular complexity index is 590. The maximum absolute atomic E-state index is 12.3. The van der Waals surface area contributed by atoms with Gasteiger partial charge in [-0.25, -0.2) is 0 Å². The number of amides is 1. The van der Waals surface area contributed by atoms with Crippen LogP contribution in [0.25, 0.3) is 0 Å². The predicted molar refractivity (Wildman–Crippen MR) is 67.9 cm³/mol. The van der Waals surface area contributed by atoms with Crippen molar-refractivity contribution in [3.63, 3.8) is 0 Å². The number of nitrogens with two attached hydrogens (primary N) is 1. The molecule has 0 atom stereocenters. The molecule has 0 saturated carbocycles. The number of benzene rings is 1. The predicted octanol–water partition coefficient (Wildman–Crippen LogP) is 1.19. The molecule has 2 heterocycles. The summed E-state index contributed by atoms with van der Waals surface area (Å²) in [4.78, 5) is 14.1. The molecule has 1 aliphatic rings. The minimum atomic E-state index is 0.0163. The molecule has 1 aromatic heterocycles. The number of aromatic nitrogens is 2. The third-order valence-electron chi connectivity index (χ3n) is 3.23. The van der Waals surface area contributed by atoms with Gasteiger partial charge in [0.25, 0.3) is 5.91 Å². The van der Waals surface area contributed by atoms with E-state index in [2.05, 4.69) is 10.2 Å². The Balaban J connectivity index is 1.83. The average molecular weight is 242 g/mol. The van der Waals surface area contributed by atoms with Crippen LogP contribution in [0.1, 0.15) is 21.6 Å². The van der Waals surface area contributed by atoms with Crippen LogP contribution in [0.5, 0.6) is 0 Å². The Morgan fingerprint density at radius 1 is 1.44 bits per heavy atom. The van der Waals surface area contributed by atoms with Crippen LogP contribution in [0.15, 0.2) is 30.5 Å². The van der Waals surface area contributed by atoms with Crippen molar-refractivity contribution < 1.29 is 4.79 Å². The van der Waals surface area contributed by atoms with Crippen LogP contribution in [0.4, 0.5) is 5.69 Å². The first-order valence-electron chi connectivity index (χ1n) is 5.90. The number of H-pyrrole nitrogens is 1. The van der Waals surface area contributed by atoms with E-state index in [1.54, 1.807) is 24.3 Å². The average Bonchev–Trinajstić information content (AvgIpc) is 2.85. The van der Waals surface area contributed by atoms with E-state index in [-0.39, 0.29) is 5.91 Å². The van der Waals surface area contributed by atoms with Gasteiger partial charge in [-0.2, -0.15) is 5.10 Å². The summed E-state index contributed by atoms with van der Waals surface area (Å²) in [5.41, 5.74) is 9.17. The van der Waals surface area contributed by atoms with E-state index in [9.17, 15) is 4.79 Å². The van der Waals surface area contributed by atoms with Crippen LogP contribution in [-0.2, 0) is 13.0 Å². The topological polar surface area (TPSA) is 75.0 Å². The van der Waals surface area contributed by atoms with E-state index in [0.29, 0.717) is 17.8 Å². The summed E-state index contributed by atoms with van der Waals surface area (Å²) < 4.78 is 0. The molecule has 0 bridgehead atoms. The van der Waals surface area contributed by atoms with Crippen LogP contribution >= 0.6 is 0 Å². The maximum atomic E-state index is 12.3. The van der Waals surface area contributed by atoms with Gasteiger partial charge in [0.15, 0.2) is 0 Å². The van der Waals surface area contributed by atoms with Crippen molar-refractivity contribution in [3.8, 4) is 0 Å². The van der Waals surface area contributed by atoms with Gasteiger partial charge in [0.2, 0.25) is 0 Å². The van der Waals surface area contributed by atoms with Gasteiger partial charge in [0, 0.05) is 17.8 Å². The summed E-state index contributed by atoms with van der Waals surface area (Å²) in [5, 5.41) is 6.94. The van der Waals surface area contributed by atoms with Crippen molar-refractivity contribution in [1.29, 1.82) is 0 Å². The molecule has 0 fully saturated rings. The Hall–Kier alpha value is -2.30. The first kappa shape index (κ1) is 10.8. The third kappa shape index (κ3) is 1.84. The Labute approximate surface area is 105 Å². The van der Waals surface area contributed by atoms with Gasteiger partial charge in [-0.15, -0.1) is 0 Å². The lowest BCUT2D eigenvalue weighted by molar-refractivity contribution is 0.0732. The van der Waals surface area contributed by atoms with E-state index >= 15 is 0 Å². The highest BCUT2D eigenvalue weighted by atomic mass is 16.2. The molecule has 3 N–H and O–H groups in total. The van der Waals surface area contributed by atoms with Crippen molar-refractivity contribution in [2.24, 2.45) is 0 Å². The lowest BCUT2D eigenvalue weighted by Crippen LogP contribution is -2.35. The monoisotopic (exact) mass is 242 g/mol. The largest absolute Gasteiger partial charge is 0.399 e. The molecule has 0 spiro atoms. The second-order valence-electron chi connectivity index (χ2n) is 4.48. The Morgan fingerprint density at radius 3 is 3.17 bits per heavy atom. The highest BCUT2D eigenvalue weighted by Gasteiger charge is 2.22. The maximum Gasteiger partial charge on any atom is 0.254 e. The molecule has 0 radical (unpaired) electrons. The molecule has 92 valence electrons. The Morgan fingerprint density at radius 2 is 2.33 bits per heavy atom. The highest BCUT2D eigenvalue weighted by molar-refractivity contribution is 5.95. The zero-order valence-electron chi connectivity index (χ0n) is 9.89. The number of rotatable bonds is 1. The van der Waals surface area contributed by atoms with Crippen LogP contribution in [0.2, 0.25) is 0 Å². The highest BCUT2D eigenvalue weighted by Crippen LogP contribution is 2.18. The number of nitrogens with one attached hydrogen (secondary N) is 1. The van der Waals surface area contributed by atoms with Gasteiger partial charge in [-0.1, -0.05) is 6.07 Å². The van der Waals surface area contributed by atoms with E-state index in [4.69, 9.17) is 5.73 Å². The van der Waals surface area contributed by atoms with Crippen molar-refractivity contribution in [2.45, 2.75) is 13.0 Å². The van der Waals surface area contributed by atoms with Crippen molar-refractivity contribution in [2.75, 3.05) is 12.3 Å². The molecule has 0 aliphatic carbocycles. The molecule has 1 aromatic carbocycles. The molecule has 0 unspecified atom stereocenters. The summed E-state index contributed by atoms with van der Waals surface area (Å²) in [7, 11) is 0. The number of nitrogens with zero attached hydrogens (tertiary/aromatic N) is 2. The minimum absolute atomic E-state index is 0.0163. The number of hydrogen-bond acceptors (Lipinski definition) is 3. The summed E-state index contributed by atoms with van der Waals surface area (Å²) in [6.45, 7) is 1.31. The molecule has 1 aliphatic heterocycles. The molecular formula is C13H14N4O. The van der Waals surface area contributed by atoms with Crippen LogP contribution in [0.3, 0.4) is 0 Å². The zero-order chi connectivity index (χ0) is 12.5. The van der Waals surface area contributed by atoms with Gasteiger partial charge in [0.1, 0.15) is 0 Å². The molecule has 1 amide bonds. The number of nitrogen functional groups attached to an aromatic ring is 1. The third-order valence-corrected chi connectivity index (χ3v) is 3.23. The second-order valence-corrected chi connectivity index (χ2v) is 4.48. The van der Waals surface area contributed by atoms with Crippen LogP contribution in [0, 0.1) is 0 Å². The number of hydrogen-bond donors (Lipinski definition) is 2. The number of fused-ring (bicyclic) bond motifs is 1. The number of carbonyl (C=O) groups is 1. The molecule has 18 heavy (non-hydrogen) atoms. The first-order chi connectivity index (χ1) is 8.74. The van der Waals surface area contributed by atoms with E-state index < -0.39 is 0 Å². The smallest absolute Gasteiger partial charge is 0.254 e. The normalized spacial score (nSPS) is 14.3. The lowest BCUT2D eigenvalue weighted by atomic mass is 10.1. The van der Waals surface area contributed by atoms with Gasteiger partial charge in [0.05, 0.1) is 18.4 Å². The molecule has 5 heteroatoms. The summed E-state index contributed by atoms with van der Waals surface area (Å²) >= 11 is 0. The van der Waals surface area contributed by atoms with E-state index in [0.717, 1.165) is 18.7 Å². The van der Waals surface area contributed by atoms with Gasteiger partial charge in [-0.3, -0.25) is 9.89 Å². The van der Waals surface area contributed by atoms with Crippen LogP contribution < -0.4 is 5.73 Å². The summed E-state index contributed by atoms with van der Waals surface area (Å²) in [5.74, 6) is 0.0163. The Kier molecular flexibility index (Phi) is 2.51. The van der Waals surface area contributed by atoms with Crippen molar-refractivity contribution in [1.82, 2.24) is 15.1 Å². The number of anilines is 1. The number of carbonyl (C=O) groups excluding carboxylic acids is 1. The van der Waals surface area contributed by atoms with E-state index in [1.165, 1.54) is 5.56 Å². The van der Waals surface area contributed by atoms with Gasteiger partial charge < -0.3 is 10.6 Å². The second kappa shape index (κ2) is 4.18. The minimum Gasteiger partial charge on any atom is -0.399 e. The fourth-order valence-electron chi connectivity index (χ4n) is 2.24. The summed E-state index contributed by atoms with van der Waals surface area (Å²) in [6.07, 6.45) is 2.68. The molecule has 2 aromatic rings. The van der Waals surface area contributed by atoms with Crippen molar-refractivity contribution in [3.05, 3.63) is 47.3 Å². The SMILES string of the molecule is Nc1cccc(C(=O)N2CCc3cn[nH]c3C2)c1. The fourth-order valence-corrected chi connectivity index (χ4v) is 2.24. The molecular weight excluding hydrogens is 228 g/mol. The quantitative estimate of drug-likeness (QED) is 0.737. The van der Waals surface area contributed by atoms with Crippen molar-refractivity contribution >= 4 is 11.6 Å². The molecule has 3 rings (SSSR count). The molecule has 5 nitrogen and oxygen atoms in total. The van der Waals surface area contributed by atoms with Crippen LogP contribution in [-0.4, -0.2) is 27.5 Å². The van der Waals surface area contributed by atoms with E-state index in [1.807, 2.05) is 11.1 Å².